The Morgan fingerprint density at radius 3 is 2.94 bits per heavy atom. The van der Waals surface area contributed by atoms with Crippen molar-refractivity contribution in [3.63, 3.8) is 0 Å². The molecule has 2 rings (SSSR count). The molecule has 0 fully saturated rings. The van der Waals surface area contributed by atoms with E-state index in [1.54, 1.807) is 0 Å². The maximum Gasteiger partial charge on any atom is 0.304 e. The number of fused-ring (bicyclic) bond motifs is 1. The second kappa shape index (κ2) is 4.90. The Morgan fingerprint density at radius 2 is 2.33 bits per heavy atom. The summed E-state index contributed by atoms with van der Waals surface area (Å²) in [6, 6.07) is 5.58. The van der Waals surface area contributed by atoms with E-state index in [1.165, 1.54) is 0 Å². The predicted octanol–water partition coefficient (Wildman–Crippen LogP) is 2.74. The number of nitrogens with two attached hydrogens (primary N) is 1. The Bertz CT molecular complexity index is 475. The molecule has 0 saturated carbocycles. The fourth-order valence-electron chi connectivity index (χ4n) is 3.11. The van der Waals surface area contributed by atoms with E-state index in [0.717, 1.165) is 30.4 Å². The summed E-state index contributed by atoms with van der Waals surface area (Å²) in [6.07, 6.45) is 2.52. The van der Waals surface area contributed by atoms with Gasteiger partial charge in [0, 0.05) is 16.5 Å². The number of benzene rings is 1. The molecule has 3 nitrogen and oxygen atoms in total. The van der Waals surface area contributed by atoms with Crippen LogP contribution in [0.3, 0.4) is 0 Å². The van der Waals surface area contributed by atoms with Crippen molar-refractivity contribution in [3.8, 4) is 0 Å². The molecule has 18 heavy (non-hydrogen) atoms. The molecule has 0 radical (unpaired) electrons. The molecule has 2 atom stereocenters. The average molecular weight is 268 g/mol. The number of aliphatic carboxylic acids is 1. The van der Waals surface area contributed by atoms with Gasteiger partial charge in [0.05, 0.1) is 6.42 Å². The van der Waals surface area contributed by atoms with Crippen molar-refractivity contribution in [2.75, 3.05) is 0 Å². The highest BCUT2D eigenvalue weighted by Crippen LogP contribution is 2.45. The average Bonchev–Trinajstić information content (AvgIpc) is 2.66. The van der Waals surface area contributed by atoms with Gasteiger partial charge in [-0.1, -0.05) is 24.6 Å². The minimum absolute atomic E-state index is 0.0939. The third kappa shape index (κ3) is 2.13. The van der Waals surface area contributed by atoms with Crippen LogP contribution in [0.15, 0.2) is 18.2 Å². The van der Waals surface area contributed by atoms with Gasteiger partial charge >= 0.3 is 5.97 Å². The van der Waals surface area contributed by atoms with Crippen LogP contribution in [0, 0.1) is 0 Å². The van der Waals surface area contributed by atoms with Gasteiger partial charge in [-0.3, -0.25) is 4.79 Å². The Labute approximate surface area is 112 Å². The molecule has 1 aliphatic rings. The smallest absolute Gasteiger partial charge is 0.304 e. The second-order valence-corrected chi connectivity index (χ2v) is 5.48. The lowest BCUT2D eigenvalue weighted by Gasteiger charge is -2.34. The van der Waals surface area contributed by atoms with E-state index in [9.17, 15) is 9.90 Å². The van der Waals surface area contributed by atoms with E-state index < -0.39 is 11.4 Å². The van der Waals surface area contributed by atoms with E-state index >= 15 is 0 Å². The van der Waals surface area contributed by atoms with Crippen LogP contribution in [0.4, 0.5) is 0 Å². The SMILES string of the molecule is CCC(N)C1(CC(=O)O)CCc2cc(Cl)ccc21. The van der Waals surface area contributed by atoms with E-state index in [2.05, 4.69) is 0 Å². The van der Waals surface area contributed by atoms with Crippen molar-refractivity contribution in [1.82, 2.24) is 0 Å². The number of rotatable bonds is 4. The molecule has 0 bridgehead atoms. The van der Waals surface area contributed by atoms with Gasteiger partial charge in [-0.05, 0) is 42.5 Å². The first-order chi connectivity index (χ1) is 8.49. The molecule has 0 aromatic heterocycles. The Hall–Kier alpha value is -1.06. The molecule has 98 valence electrons. The second-order valence-electron chi connectivity index (χ2n) is 5.04. The van der Waals surface area contributed by atoms with Gasteiger partial charge in [-0.15, -0.1) is 0 Å². The van der Waals surface area contributed by atoms with Crippen LogP contribution in [-0.4, -0.2) is 17.1 Å². The molecule has 0 spiro atoms. The molecule has 0 heterocycles. The molecule has 0 aliphatic heterocycles. The molecule has 1 aromatic rings. The number of carbonyl (C=O) groups is 1. The third-order valence-corrected chi connectivity index (χ3v) is 4.30. The van der Waals surface area contributed by atoms with Crippen LogP contribution in [0.5, 0.6) is 0 Å². The molecule has 2 unspecified atom stereocenters. The molecule has 0 amide bonds. The molecule has 3 N–H and O–H groups in total. The first-order valence-corrected chi connectivity index (χ1v) is 6.63. The summed E-state index contributed by atoms with van der Waals surface area (Å²) in [5.74, 6) is -0.790. The van der Waals surface area contributed by atoms with Crippen molar-refractivity contribution in [2.45, 2.75) is 44.1 Å². The van der Waals surface area contributed by atoms with Crippen molar-refractivity contribution < 1.29 is 9.90 Å². The van der Waals surface area contributed by atoms with E-state index in [0.29, 0.717) is 5.02 Å². The van der Waals surface area contributed by atoms with Crippen molar-refractivity contribution in [1.29, 1.82) is 0 Å². The van der Waals surface area contributed by atoms with Gasteiger partial charge < -0.3 is 10.8 Å². The molecule has 4 heteroatoms. The summed E-state index contributed by atoms with van der Waals surface area (Å²) in [7, 11) is 0. The highest BCUT2D eigenvalue weighted by atomic mass is 35.5. The lowest BCUT2D eigenvalue weighted by molar-refractivity contribution is -0.138. The van der Waals surface area contributed by atoms with Gasteiger partial charge in [0.2, 0.25) is 0 Å². The summed E-state index contributed by atoms with van der Waals surface area (Å²) in [5.41, 5.74) is 8.01. The van der Waals surface area contributed by atoms with Gasteiger partial charge in [0.1, 0.15) is 0 Å². The number of carboxylic acids is 1. The quantitative estimate of drug-likeness (QED) is 0.882. The number of carboxylic acid groups (broad SMARTS) is 1. The van der Waals surface area contributed by atoms with Crippen molar-refractivity contribution in [3.05, 3.63) is 34.3 Å². The molecule has 0 saturated heterocycles. The Kier molecular flexibility index (Phi) is 3.64. The standard InChI is InChI=1S/C14H18ClNO2/c1-2-12(16)14(8-13(17)18)6-5-9-7-10(15)3-4-11(9)14/h3-4,7,12H,2,5-6,8,16H2,1H3,(H,17,18). The van der Waals surface area contributed by atoms with Crippen LogP contribution in [0.25, 0.3) is 0 Å². The fourth-order valence-corrected chi connectivity index (χ4v) is 3.30. The highest BCUT2D eigenvalue weighted by Gasteiger charge is 2.44. The predicted molar refractivity (Wildman–Crippen MR) is 72.0 cm³/mol. The summed E-state index contributed by atoms with van der Waals surface area (Å²) in [5, 5.41) is 9.88. The zero-order valence-corrected chi connectivity index (χ0v) is 11.2. The van der Waals surface area contributed by atoms with Crippen LogP contribution < -0.4 is 5.73 Å². The summed E-state index contributed by atoms with van der Waals surface area (Å²) in [4.78, 5) is 11.2. The minimum atomic E-state index is -0.790. The Balaban J connectivity index is 2.48. The van der Waals surface area contributed by atoms with Crippen LogP contribution in [0.2, 0.25) is 5.02 Å². The maximum absolute atomic E-state index is 11.2. The first-order valence-electron chi connectivity index (χ1n) is 6.26. The number of aryl methyl sites for hydroxylation is 1. The van der Waals surface area contributed by atoms with Crippen LogP contribution in [0.1, 0.15) is 37.3 Å². The molecular weight excluding hydrogens is 250 g/mol. The zero-order chi connectivity index (χ0) is 13.3. The fraction of sp³-hybridized carbons (Fsp3) is 0.500. The lowest BCUT2D eigenvalue weighted by Crippen LogP contribution is -2.45. The zero-order valence-electron chi connectivity index (χ0n) is 10.4. The van der Waals surface area contributed by atoms with Gasteiger partial charge in [0.25, 0.3) is 0 Å². The third-order valence-electron chi connectivity index (χ3n) is 4.06. The van der Waals surface area contributed by atoms with Gasteiger partial charge in [-0.25, -0.2) is 0 Å². The van der Waals surface area contributed by atoms with Gasteiger partial charge in [0.15, 0.2) is 0 Å². The lowest BCUT2D eigenvalue weighted by atomic mass is 9.72. The number of hydrogen-bond donors (Lipinski definition) is 2. The van der Waals surface area contributed by atoms with Crippen LogP contribution >= 0.6 is 11.6 Å². The first kappa shape index (κ1) is 13.4. The molecule has 1 aromatic carbocycles. The topological polar surface area (TPSA) is 63.3 Å². The molecular formula is C14H18ClNO2. The number of hydrogen-bond acceptors (Lipinski definition) is 2. The van der Waals surface area contributed by atoms with Crippen LogP contribution in [-0.2, 0) is 16.6 Å². The monoisotopic (exact) mass is 267 g/mol. The summed E-state index contributed by atoms with van der Waals surface area (Å²) < 4.78 is 0. The summed E-state index contributed by atoms with van der Waals surface area (Å²) in [6.45, 7) is 2.00. The number of halogens is 1. The highest BCUT2D eigenvalue weighted by molar-refractivity contribution is 6.30. The van der Waals surface area contributed by atoms with Crippen molar-refractivity contribution >= 4 is 17.6 Å². The van der Waals surface area contributed by atoms with E-state index in [1.807, 2.05) is 25.1 Å². The normalized spacial score (nSPS) is 23.7. The van der Waals surface area contributed by atoms with Gasteiger partial charge in [-0.2, -0.15) is 0 Å². The maximum atomic E-state index is 11.2. The van der Waals surface area contributed by atoms with E-state index in [4.69, 9.17) is 17.3 Å². The summed E-state index contributed by atoms with van der Waals surface area (Å²) >= 11 is 5.99. The Morgan fingerprint density at radius 1 is 1.61 bits per heavy atom. The minimum Gasteiger partial charge on any atom is -0.481 e. The molecule has 1 aliphatic carbocycles. The van der Waals surface area contributed by atoms with Crippen molar-refractivity contribution in [2.24, 2.45) is 5.73 Å². The largest absolute Gasteiger partial charge is 0.481 e. The van der Waals surface area contributed by atoms with E-state index in [-0.39, 0.29) is 12.5 Å².